The molecule has 0 heterocycles. The topological polar surface area (TPSA) is 55.1 Å². The molecule has 0 saturated heterocycles. The highest BCUT2D eigenvalue weighted by atomic mass is 79.9. The average Bonchev–Trinajstić information content (AvgIpc) is 2.43. The summed E-state index contributed by atoms with van der Waals surface area (Å²) in [6, 6.07) is 14.5. The van der Waals surface area contributed by atoms with Crippen LogP contribution >= 0.6 is 27.5 Å². The van der Waals surface area contributed by atoms with Crippen LogP contribution in [-0.2, 0) is 11.3 Å². The van der Waals surface area contributed by atoms with Crippen LogP contribution < -0.4 is 11.1 Å². The maximum atomic E-state index is 11.7. The van der Waals surface area contributed by atoms with Gasteiger partial charge in [0, 0.05) is 16.0 Å². The summed E-state index contributed by atoms with van der Waals surface area (Å²) in [5.74, 6) is -0.457. The number of carbonyl (C=O) groups is 1. The molecule has 3 N–H and O–H groups in total. The molecule has 0 aliphatic carbocycles. The second kappa shape index (κ2) is 6.88. The van der Waals surface area contributed by atoms with Crippen molar-refractivity contribution in [1.82, 2.24) is 5.32 Å². The van der Waals surface area contributed by atoms with E-state index in [0.29, 0.717) is 17.1 Å². The maximum Gasteiger partial charge on any atom is 0.239 e. The smallest absolute Gasteiger partial charge is 0.239 e. The van der Waals surface area contributed by atoms with Crippen molar-refractivity contribution in [2.24, 2.45) is 5.73 Å². The quantitative estimate of drug-likeness (QED) is 0.865. The van der Waals surface area contributed by atoms with Gasteiger partial charge in [0.05, 0.1) is 0 Å². The lowest BCUT2D eigenvalue weighted by molar-refractivity contribution is -0.120. The molecule has 1 amide bonds. The van der Waals surface area contributed by atoms with Crippen LogP contribution in [0.1, 0.15) is 17.2 Å². The van der Waals surface area contributed by atoms with Crippen molar-refractivity contribution in [3.05, 3.63) is 69.2 Å². The van der Waals surface area contributed by atoms with Crippen LogP contribution in [0.2, 0.25) is 5.02 Å². The Labute approximate surface area is 131 Å². The number of nitrogens with one attached hydrogen (secondary N) is 1. The molecule has 0 aliphatic rings. The molecule has 2 aromatic carbocycles. The third-order valence-corrected chi connectivity index (χ3v) is 3.74. The highest BCUT2D eigenvalue weighted by Gasteiger charge is 2.20. The Hall–Kier alpha value is -1.36. The van der Waals surface area contributed by atoms with Gasteiger partial charge in [0.15, 0.2) is 0 Å². The fraction of sp³-hybridized carbons (Fsp3) is 0.133. The Bertz CT molecular complexity index is 604. The number of rotatable bonds is 5. The minimum absolute atomic E-state index is 0.457. The van der Waals surface area contributed by atoms with Gasteiger partial charge >= 0.3 is 0 Å². The van der Waals surface area contributed by atoms with Gasteiger partial charge in [0.1, 0.15) is 6.04 Å². The fourth-order valence-corrected chi connectivity index (χ4v) is 2.52. The summed E-state index contributed by atoms with van der Waals surface area (Å²) in [6.07, 6.45) is 0. The predicted octanol–water partition coefficient (Wildman–Crippen LogP) is 3.42. The van der Waals surface area contributed by atoms with E-state index in [1.807, 2.05) is 36.4 Å². The van der Waals surface area contributed by atoms with Gasteiger partial charge in [0.2, 0.25) is 5.91 Å². The monoisotopic (exact) mass is 352 g/mol. The molecule has 0 aliphatic heterocycles. The van der Waals surface area contributed by atoms with Crippen LogP contribution in [0.5, 0.6) is 0 Å². The average molecular weight is 354 g/mol. The first-order valence-corrected chi connectivity index (χ1v) is 7.26. The minimum Gasteiger partial charge on any atom is -0.368 e. The van der Waals surface area contributed by atoms with E-state index < -0.39 is 11.9 Å². The summed E-state index contributed by atoms with van der Waals surface area (Å²) < 4.78 is 0.852. The first kappa shape index (κ1) is 15.0. The first-order chi connectivity index (χ1) is 9.58. The molecule has 104 valence electrons. The van der Waals surface area contributed by atoms with Crippen LogP contribution in [0.4, 0.5) is 0 Å². The molecular weight excluding hydrogens is 340 g/mol. The van der Waals surface area contributed by atoms with E-state index in [4.69, 9.17) is 17.3 Å². The zero-order chi connectivity index (χ0) is 14.5. The lowest BCUT2D eigenvalue weighted by atomic mass is 10.1. The number of amides is 1. The van der Waals surface area contributed by atoms with Gasteiger partial charge < -0.3 is 5.73 Å². The molecule has 5 heteroatoms. The Kier molecular flexibility index (Phi) is 5.17. The summed E-state index contributed by atoms with van der Waals surface area (Å²) in [4.78, 5) is 11.7. The number of carbonyl (C=O) groups excluding carboxylic acids is 1. The van der Waals surface area contributed by atoms with Crippen LogP contribution in [0.3, 0.4) is 0 Å². The van der Waals surface area contributed by atoms with Crippen molar-refractivity contribution in [1.29, 1.82) is 0 Å². The molecule has 3 nitrogen and oxygen atoms in total. The molecule has 0 saturated carbocycles. The molecule has 0 fully saturated rings. The molecular formula is C15H14BrClN2O. The number of nitrogens with two attached hydrogens (primary N) is 1. The molecule has 0 radical (unpaired) electrons. The summed E-state index contributed by atoms with van der Waals surface area (Å²) >= 11 is 9.52. The Morgan fingerprint density at radius 2 is 1.95 bits per heavy atom. The van der Waals surface area contributed by atoms with Gasteiger partial charge in [0.25, 0.3) is 0 Å². The van der Waals surface area contributed by atoms with E-state index in [0.717, 1.165) is 10.0 Å². The van der Waals surface area contributed by atoms with E-state index >= 15 is 0 Å². The van der Waals surface area contributed by atoms with Crippen molar-refractivity contribution in [3.8, 4) is 0 Å². The molecule has 0 bridgehead atoms. The zero-order valence-electron chi connectivity index (χ0n) is 10.6. The van der Waals surface area contributed by atoms with Crippen LogP contribution in [0, 0.1) is 0 Å². The van der Waals surface area contributed by atoms with E-state index in [-0.39, 0.29) is 0 Å². The summed E-state index contributed by atoms with van der Waals surface area (Å²) in [5, 5.41) is 3.65. The molecule has 20 heavy (non-hydrogen) atoms. The normalized spacial score (nSPS) is 12.1. The van der Waals surface area contributed by atoms with Crippen molar-refractivity contribution in [2.45, 2.75) is 12.6 Å². The molecule has 1 atom stereocenters. The molecule has 0 spiro atoms. The third-order valence-electron chi connectivity index (χ3n) is 2.91. The first-order valence-electron chi connectivity index (χ1n) is 6.09. The summed E-state index contributed by atoms with van der Waals surface area (Å²) in [6.45, 7) is 0.539. The van der Waals surface area contributed by atoms with E-state index in [2.05, 4.69) is 21.2 Å². The lowest BCUT2D eigenvalue weighted by Gasteiger charge is -2.17. The third kappa shape index (κ3) is 3.82. The highest BCUT2D eigenvalue weighted by Crippen LogP contribution is 2.26. The van der Waals surface area contributed by atoms with Gasteiger partial charge in [-0.2, -0.15) is 0 Å². The van der Waals surface area contributed by atoms with Crippen molar-refractivity contribution >= 4 is 33.4 Å². The van der Waals surface area contributed by atoms with Crippen molar-refractivity contribution in [3.63, 3.8) is 0 Å². The maximum absolute atomic E-state index is 11.7. The lowest BCUT2D eigenvalue weighted by Crippen LogP contribution is -2.33. The van der Waals surface area contributed by atoms with Gasteiger partial charge in [-0.25, -0.2) is 0 Å². The molecule has 0 aromatic heterocycles. The van der Waals surface area contributed by atoms with Gasteiger partial charge in [-0.15, -0.1) is 0 Å². The minimum atomic E-state index is -0.625. The van der Waals surface area contributed by atoms with E-state index in [1.165, 1.54) is 0 Å². The second-order valence-corrected chi connectivity index (χ2v) is 5.69. The van der Waals surface area contributed by atoms with E-state index in [9.17, 15) is 4.79 Å². The standard InChI is InChI=1S/C15H14BrClN2O/c16-11-6-7-13(17)12(8-11)14(15(18)20)19-9-10-4-2-1-3-5-10/h1-8,14,19H,9H2,(H2,18,20). The molecule has 2 rings (SSSR count). The van der Waals surface area contributed by atoms with Crippen molar-refractivity contribution < 1.29 is 4.79 Å². The van der Waals surface area contributed by atoms with E-state index in [1.54, 1.807) is 12.1 Å². The number of hydrogen-bond acceptors (Lipinski definition) is 2. The Balaban J connectivity index is 2.19. The van der Waals surface area contributed by atoms with Gasteiger partial charge in [-0.05, 0) is 29.3 Å². The summed E-state index contributed by atoms with van der Waals surface area (Å²) in [7, 11) is 0. The van der Waals surface area contributed by atoms with Gasteiger partial charge in [-0.1, -0.05) is 57.9 Å². The number of hydrogen-bond donors (Lipinski definition) is 2. The molecule has 1 unspecified atom stereocenters. The fourth-order valence-electron chi connectivity index (χ4n) is 1.92. The zero-order valence-corrected chi connectivity index (χ0v) is 13.0. The van der Waals surface area contributed by atoms with Crippen molar-refractivity contribution in [2.75, 3.05) is 0 Å². The number of halogens is 2. The number of benzene rings is 2. The largest absolute Gasteiger partial charge is 0.368 e. The predicted molar refractivity (Wildman–Crippen MR) is 84.4 cm³/mol. The van der Waals surface area contributed by atoms with Crippen LogP contribution in [0.15, 0.2) is 53.0 Å². The SMILES string of the molecule is NC(=O)C(NCc1ccccc1)c1cc(Br)ccc1Cl. The van der Waals surface area contributed by atoms with Crippen LogP contribution in [-0.4, -0.2) is 5.91 Å². The highest BCUT2D eigenvalue weighted by molar-refractivity contribution is 9.10. The summed E-state index contributed by atoms with van der Waals surface area (Å²) in [5.41, 5.74) is 7.22. The Morgan fingerprint density at radius 3 is 2.60 bits per heavy atom. The second-order valence-electron chi connectivity index (χ2n) is 4.37. The van der Waals surface area contributed by atoms with Crippen LogP contribution in [0.25, 0.3) is 0 Å². The molecule has 2 aromatic rings. The Morgan fingerprint density at radius 1 is 1.25 bits per heavy atom. The van der Waals surface area contributed by atoms with Gasteiger partial charge in [-0.3, -0.25) is 10.1 Å². The number of primary amides is 1.